The van der Waals surface area contributed by atoms with Crippen molar-refractivity contribution in [3.05, 3.63) is 65.7 Å². The van der Waals surface area contributed by atoms with E-state index in [1.54, 1.807) is 53.4 Å². The maximum atomic E-state index is 14.0. The van der Waals surface area contributed by atoms with Gasteiger partial charge in [-0.25, -0.2) is 0 Å². The van der Waals surface area contributed by atoms with Gasteiger partial charge in [0.15, 0.2) is 5.78 Å². The molecule has 2 aromatic carbocycles. The topological polar surface area (TPSA) is 128 Å². The molecule has 224 valence electrons. The molecular formula is C33H42N4O5. The fourth-order valence-corrected chi connectivity index (χ4v) is 6.66. The summed E-state index contributed by atoms with van der Waals surface area (Å²) >= 11 is 0. The van der Waals surface area contributed by atoms with E-state index in [0.29, 0.717) is 18.5 Å². The van der Waals surface area contributed by atoms with Crippen molar-refractivity contribution in [2.24, 2.45) is 5.92 Å². The number of amides is 3. The summed E-state index contributed by atoms with van der Waals surface area (Å²) < 4.78 is 0. The molecule has 9 heteroatoms. The van der Waals surface area contributed by atoms with Gasteiger partial charge < -0.3 is 26.0 Å². The van der Waals surface area contributed by atoms with Gasteiger partial charge in [-0.15, -0.1) is 0 Å². The predicted molar refractivity (Wildman–Crippen MR) is 159 cm³/mol. The SMILES string of the molecule is O=C(c1ccccc1)C(Cc1ccc(O)cc1)NC(=O)C(NC(=O)C1CCCN1C(=O)C1CCCN1)C1CCCCC1. The number of aromatic hydroxyl groups is 1. The summed E-state index contributed by atoms with van der Waals surface area (Å²) in [6.07, 6.45) is 7.94. The second kappa shape index (κ2) is 14.0. The Labute approximate surface area is 247 Å². The van der Waals surface area contributed by atoms with E-state index in [-0.39, 0.29) is 47.6 Å². The van der Waals surface area contributed by atoms with Crippen molar-refractivity contribution < 1.29 is 24.3 Å². The summed E-state index contributed by atoms with van der Waals surface area (Å²) in [4.78, 5) is 56.2. The molecule has 2 aliphatic heterocycles. The first-order valence-electron chi connectivity index (χ1n) is 15.4. The number of carbonyl (C=O) groups excluding carboxylic acids is 4. The van der Waals surface area contributed by atoms with Crippen molar-refractivity contribution in [3.63, 3.8) is 0 Å². The van der Waals surface area contributed by atoms with E-state index < -0.39 is 18.1 Å². The summed E-state index contributed by atoms with van der Waals surface area (Å²) in [5, 5.41) is 19.0. The first-order chi connectivity index (χ1) is 20.4. The smallest absolute Gasteiger partial charge is 0.243 e. The molecule has 3 fully saturated rings. The van der Waals surface area contributed by atoms with E-state index in [1.165, 1.54) is 0 Å². The lowest BCUT2D eigenvalue weighted by Gasteiger charge is -2.33. The largest absolute Gasteiger partial charge is 0.508 e. The summed E-state index contributed by atoms with van der Waals surface area (Å²) in [6, 6.07) is 12.9. The number of likely N-dealkylation sites (tertiary alicyclic amines) is 1. The van der Waals surface area contributed by atoms with Crippen LogP contribution < -0.4 is 16.0 Å². The maximum absolute atomic E-state index is 14.0. The number of ketones is 1. The fraction of sp³-hybridized carbons (Fsp3) is 0.515. The molecule has 0 spiro atoms. The average Bonchev–Trinajstić information content (AvgIpc) is 3.74. The Kier molecular flexibility index (Phi) is 9.89. The van der Waals surface area contributed by atoms with E-state index in [2.05, 4.69) is 16.0 Å². The van der Waals surface area contributed by atoms with E-state index in [1.807, 2.05) is 6.07 Å². The van der Waals surface area contributed by atoms with Crippen molar-refractivity contribution in [2.75, 3.05) is 13.1 Å². The van der Waals surface area contributed by atoms with Crippen molar-refractivity contribution in [1.82, 2.24) is 20.9 Å². The summed E-state index contributed by atoms with van der Waals surface area (Å²) in [7, 11) is 0. The van der Waals surface area contributed by atoms with E-state index in [4.69, 9.17) is 0 Å². The van der Waals surface area contributed by atoms with E-state index in [9.17, 15) is 24.3 Å². The van der Waals surface area contributed by atoms with Gasteiger partial charge in [0, 0.05) is 18.5 Å². The molecule has 4 unspecified atom stereocenters. The molecule has 4 N–H and O–H groups in total. The molecule has 0 aromatic heterocycles. The van der Waals surface area contributed by atoms with Gasteiger partial charge in [0.25, 0.3) is 0 Å². The zero-order valence-electron chi connectivity index (χ0n) is 24.1. The lowest BCUT2D eigenvalue weighted by molar-refractivity contribution is -0.141. The third-order valence-electron chi connectivity index (χ3n) is 8.97. The number of phenols is 1. The lowest BCUT2D eigenvalue weighted by Crippen LogP contribution is -2.59. The number of carbonyl (C=O) groups is 4. The van der Waals surface area contributed by atoms with Crippen molar-refractivity contribution in [3.8, 4) is 5.75 Å². The number of rotatable bonds is 10. The highest BCUT2D eigenvalue weighted by Gasteiger charge is 2.41. The molecule has 4 atom stereocenters. The number of hydrogen-bond donors (Lipinski definition) is 4. The average molecular weight is 575 g/mol. The van der Waals surface area contributed by atoms with Crippen LogP contribution in [-0.2, 0) is 20.8 Å². The third kappa shape index (κ3) is 7.18. The number of nitrogens with one attached hydrogen (secondary N) is 3. The quantitative estimate of drug-likeness (QED) is 0.323. The molecule has 1 saturated carbocycles. The van der Waals surface area contributed by atoms with Gasteiger partial charge in [-0.3, -0.25) is 19.2 Å². The predicted octanol–water partition coefficient (Wildman–Crippen LogP) is 3.11. The molecule has 0 bridgehead atoms. The number of hydrogen-bond acceptors (Lipinski definition) is 6. The van der Waals surface area contributed by atoms with Crippen molar-refractivity contribution >= 4 is 23.5 Å². The monoisotopic (exact) mass is 574 g/mol. The molecule has 3 aliphatic rings. The molecule has 0 radical (unpaired) electrons. The van der Waals surface area contributed by atoms with Crippen LogP contribution in [0.15, 0.2) is 54.6 Å². The Balaban J connectivity index is 1.34. The minimum Gasteiger partial charge on any atom is -0.508 e. The highest BCUT2D eigenvalue weighted by molar-refractivity contribution is 6.03. The number of nitrogens with zero attached hydrogens (tertiary/aromatic N) is 1. The standard InChI is InChI=1S/C33H42N4O5/c38-25-17-15-22(16-18-25)21-27(30(39)24-11-5-2-6-12-24)35-32(41)29(23-9-3-1-4-10-23)36-31(40)28-14-8-20-37(28)33(42)26-13-7-19-34-26/h2,5-6,11-12,15-18,23,26-29,34,38H,1,3-4,7-10,13-14,19-21H2,(H,35,41)(H,36,40). The maximum Gasteiger partial charge on any atom is 0.243 e. The van der Waals surface area contributed by atoms with Crippen LogP contribution in [0.5, 0.6) is 5.75 Å². The van der Waals surface area contributed by atoms with Gasteiger partial charge in [-0.05, 0) is 68.7 Å². The van der Waals surface area contributed by atoms with Crippen LogP contribution in [0.3, 0.4) is 0 Å². The first kappa shape index (κ1) is 29.8. The molecule has 2 heterocycles. The van der Waals surface area contributed by atoms with Crippen LogP contribution in [0.1, 0.15) is 73.7 Å². The van der Waals surface area contributed by atoms with Crippen LogP contribution in [0.4, 0.5) is 0 Å². The van der Waals surface area contributed by atoms with Crippen LogP contribution >= 0.6 is 0 Å². The van der Waals surface area contributed by atoms with Gasteiger partial charge in [0.1, 0.15) is 17.8 Å². The molecule has 5 rings (SSSR count). The number of phenolic OH excluding ortho intramolecular Hbond substituents is 1. The number of Topliss-reactive ketones (excluding diaryl/α,β-unsaturated/α-hetero) is 1. The van der Waals surface area contributed by atoms with Crippen molar-refractivity contribution in [1.29, 1.82) is 0 Å². The summed E-state index contributed by atoms with van der Waals surface area (Å²) in [5.41, 5.74) is 1.28. The molecule has 1 aliphatic carbocycles. The second-order valence-corrected chi connectivity index (χ2v) is 11.9. The highest BCUT2D eigenvalue weighted by atomic mass is 16.3. The highest BCUT2D eigenvalue weighted by Crippen LogP contribution is 2.28. The Morgan fingerprint density at radius 3 is 2.29 bits per heavy atom. The molecule has 2 saturated heterocycles. The number of benzene rings is 2. The molecule has 42 heavy (non-hydrogen) atoms. The van der Waals surface area contributed by atoms with E-state index >= 15 is 0 Å². The molecule has 3 amide bonds. The third-order valence-corrected chi connectivity index (χ3v) is 8.97. The minimum atomic E-state index is -0.856. The Morgan fingerprint density at radius 2 is 1.60 bits per heavy atom. The zero-order chi connectivity index (χ0) is 29.5. The van der Waals surface area contributed by atoms with Crippen LogP contribution in [-0.4, -0.2) is 70.8 Å². The van der Waals surface area contributed by atoms with Gasteiger partial charge in [-0.1, -0.05) is 61.7 Å². The zero-order valence-corrected chi connectivity index (χ0v) is 24.1. The van der Waals surface area contributed by atoms with Gasteiger partial charge >= 0.3 is 0 Å². The van der Waals surface area contributed by atoms with Gasteiger partial charge in [-0.2, -0.15) is 0 Å². The fourth-order valence-electron chi connectivity index (χ4n) is 6.66. The molecular weight excluding hydrogens is 532 g/mol. The van der Waals surface area contributed by atoms with Gasteiger partial charge in [0.05, 0.1) is 12.1 Å². The van der Waals surface area contributed by atoms with E-state index in [0.717, 1.165) is 63.5 Å². The first-order valence-corrected chi connectivity index (χ1v) is 15.4. The van der Waals surface area contributed by atoms with Crippen molar-refractivity contribution in [2.45, 2.75) is 88.4 Å². The Morgan fingerprint density at radius 1 is 0.857 bits per heavy atom. The second-order valence-electron chi connectivity index (χ2n) is 11.9. The van der Waals surface area contributed by atoms with Crippen LogP contribution in [0.2, 0.25) is 0 Å². The summed E-state index contributed by atoms with van der Waals surface area (Å²) in [6.45, 7) is 1.34. The normalized spacial score (nSPS) is 22.3. The van der Waals surface area contributed by atoms with Crippen LogP contribution in [0, 0.1) is 5.92 Å². The summed E-state index contributed by atoms with van der Waals surface area (Å²) in [5.74, 6) is -0.859. The van der Waals surface area contributed by atoms with Gasteiger partial charge in [0.2, 0.25) is 17.7 Å². The van der Waals surface area contributed by atoms with Crippen LogP contribution in [0.25, 0.3) is 0 Å². The molecule has 2 aromatic rings. The lowest BCUT2D eigenvalue weighted by atomic mass is 9.83. The Bertz CT molecular complexity index is 1240. The molecule has 9 nitrogen and oxygen atoms in total. The Hall–Kier alpha value is -3.72. The minimum absolute atomic E-state index is 0.0359.